The van der Waals surface area contributed by atoms with Gasteiger partial charge in [-0.3, -0.25) is 4.79 Å². The third kappa shape index (κ3) is 4.09. The van der Waals surface area contributed by atoms with Crippen molar-refractivity contribution >= 4 is 5.91 Å². The third-order valence-electron chi connectivity index (χ3n) is 3.42. The van der Waals surface area contributed by atoms with Crippen molar-refractivity contribution in [1.82, 2.24) is 5.32 Å². The van der Waals surface area contributed by atoms with Crippen molar-refractivity contribution in [2.24, 2.45) is 5.92 Å². The molecule has 1 unspecified atom stereocenters. The lowest BCUT2D eigenvalue weighted by atomic mass is 10.1. The number of halogens is 4. The quantitative estimate of drug-likeness (QED) is 0.759. The van der Waals surface area contributed by atoms with Gasteiger partial charge in [0.2, 0.25) is 0 Å². The number of hydrogen-bond acceptors (Lipinski definition) is 3. The number of ether oxygens (including phenoxy) is 1. The normalized spacial score (nSPS) is 15.7. The van der Waals surface area contributed by atoms with E-state index in [1.807, 2.05) is 0 Å². The summed E-state index contributed by atoms with van der Waals surface area (Å²) in [5.41, 5.74) is -0.856. The van der Waals surface area contributed by atoms with Crippen LogP contribution < -0.4 is 10.1 Å². The number of carbonyl (C=O) groups is 1. The van der Waals surface area contributed by atoms with E-state index in [4.69, 9.17) is 5.11 Å². The van der Waals surface area contributed by atoms with E-state index in [2.05, 4.69) is 10.1 Å². The van der Waals surface area contributed by atoms with E-state index >= 15 is 0 Å². The highest BCUT2D eigenvalue weighted by Crippen LogP contribution is 2.34. The molecule has 1 fully saturated rings. The Morgan fingerprint density at radius 2 is 1.91 bits per heavy atom. The zero-order valence-electron chi connectivity index (χ0n) is 11.5. The number of rotatable bonds is 7. The van der Waals surface area contributed by atoms with Crippen LogP contribution in [0, 0.1) is 17.6 Å². The predicted octanol–water partition coefficient (Wildman–Crippen LogP) is 2.46. The molecule has 1 aromatic rings. The van der Waals surface area contributed by atoms with Crippen molar-refractivity contribution in [2.75, 3.05) is 6.61 Å². The number of aliphatic hydroxyl groups excluding tert-OH is 1. The second-order valence-electron chi connectivity index (χ2n) is 5.07. The standard InChI is InChI=1S/C14H15F4NO3/c15-9-5-8(22-14(17)18)6-10(16)12(9)13(21)19-11(3-4-20)7-1-2-7/h5-7,11,14,20H,1-4H2,(H,19,21). The molecule has 0 aromatic heterocycles. The van der Waals surface area contributed by atoms with Crippen LogP contribution in [-0.4, -0.2) is 30.3 Å². The van der Waals surface area contributed by atoms with E-state index < -0.39 is 35.5 Å². The minimum atomic E-state index is -3.22. The Morgan fingerprint density at radius 1 is 1.32 bits per heavy atom. The summed E-state index contributed by atoms with van der Waals surface area (Å²) in [5.74, 6) is -4.07. The Hall–Kier alpha value is -1.83. The maximum atomic E-state index is 13.8. The fourth-order valence-corrected chi connectivity index (χ4v) is 2.24. The van der Waals surface area contributed by atoms with Gasteiger partial charge in [-0.1, -0.05) is 0 Å². The minimum Gasteiger partial charge on any atom is -0.435 e. The molecule has 0 heterocycles. The van der Waals surface area contributed by atoms with E-state index in [0.717, 1.165) is 12.8 Å². The van der Waals surface area contributed by atoms with Crippen molar-refractivity contribution in [3.8, 4) is 5.75 Å². The average Bonchev–Trinajstić information content (AvgIpc) is 3.20. The van der Waals surface area contributed by atoms with Gasteiger partial charge >= 0.3 is 6.61 Å². The van der Waals surface area contributed by atoms with Crippen LogP contribution in [0.25, 0.3) is 0 Å². The number of nitrogens with one attached hydrogen (secondary N) is 1. The van der Waals surface area contributed by atoms with Crippen LogP contribution in [0.1, 0.15) is 29.6 Å². The zero-order valence-corrected chi connectivity index (χ0v) is 11.5. The van der Waals surface area contributed by atoms with Crippen molar-refractivity contribution in [2.45, 2.75) is 31.9 Å². The van der Waals surface area contributed by atoms with E-state index in [-0.39, 0.29) is 25.0 Å². The summed E-state index contributed by atoms with van der Waals surface area (Å²) in [6.07, 6.45) is 2.03. The van der Waals surface area contributed by atoms with Crippen molar-refractivity contribution in [3.05, 3.63) is 29.3 Å². The molecule has 0 spiro atoms. The highest BCUT2D eigenvalue weighted by atomic mass is 19.3. The molecule has 0 bridgehead atoms. The van der Waals surface area contributed by atoms with Gasteiger partial charge in [0.1, 0.15) is 22.9 Å². The maximum absolute atomic E-state index is 13.8. The van der Waals surface area contributed by atoms with Gasteiger partial charge in [0, 0.05) is 24.8 Å². The monoisotopic (exact) mass is 321 g/mol. The van der Waals surface area contributed by atoms with Gasteiger partial charge in [-0.25, -0.2) is 8.78 Å². The molecule has 1 aliphatic carbocycles. The Labute approximate surface area is 124 Å². The molecular formula is C14H15F4NO3. The van der Waals surface area contributed by atoms with Crippen LogP contribution in [0.3, 0.4) is 0 Å². The number of hydrogen-bond donors (Lipinski definition) is 2. The molecule has 1 atom stereocenters. The number of aliphatic hydroxyl groups is 1. The number of benzene rings is 1. The van der Waals surface area contributed by atoms with Crippen LogP contribution in [0.4, 0.5) is 17.6 Å². The first-order valence-electron chi connectivity index (χ1n) is 6.78. The number of amides is 1. The van der Waals surface area contributed by atoms with Gasteiger partial charge in [0.15, 0.2) is 0 Å². The summed E-state index contributed by atoms with van der Waals surface area (Å²) in [4.78, 5) is 12.0. The minimum absolute atomic E-state index is 0.159. The van der Waals surface area contributed by atoms with Crippen LogP contribution in [0.2, 0.25) is 0 Å². The van der Waals surface area contributed by atoms with Crippen LogP contribution in [-0.2, 0) is 0 Å². The second-order valence-corrected chi connectivity index (χ2v) is 5.07. The fraction of sp³-hybridized carbons (Fsp3) is 0.500. The summed E-state index contributed by atoms with van der Waals surface area (Å²) in [6.45, 7) is -3.38. The predicted molar refractivity (Wildman–Crippen MR) is 68.7 cm³/mol. The first kappa shape index (κ1) is 16.5. The molecule has 122 valence electrons. The summed E-state index contributed by atoms with van der Waals surface area (Å²) in [5, 5.41) is 11.4. The van der Waals surface area contributed by atoms with Crippen molar-refractivity contribution in [1.29, 1.82) is 0 Å². The molecule has 4 nitrogen and oxygen atoms in total. The fourth-order valence-electron chi connectivity index (χ4n) is 2.24. The SMILES string of the molecule is O=C(NC(CCO)C1CC1)c1c(F)cc(OC(F)F)cc1F. The Balaban J connectivity index is 2.14. The molecule has 1 aliphatic rings. The average molecular weight is 321 g/mol. The lowest BCUT2D eigenvalue weighted by molar-refractivity contribution is -0.0501. The van der Waals surface area contributed by atoms with Gasteiger partial charge in [-0.15, -0.1) is 0 Å². The molecule has 1 amide bonds. The Bertz CT molecular complexity index is 526. The number of carbonyl (C=O) groups excluding carboxylic acids is 1. The molecule has 2 N–H and O–H groups in total. The zero-order chi connectivity index (χ0) is 16.3. The Morgan fingerprint density at radius 3 is 2.36 bits per heavy atom. The molecule has 2 rings (SSSR count). The Kier molecular flexibility index (Phi) is 5.23. The van der Waals surface area contributed by atoms with Crippen molar-refractivity contribution < 1.29 is 32.2 Å². The summed E-state index contributed by atoms with van der Waals surface area (Å²) in [6, 6.07) is 0.693. The molecule has 1 saturated carbocycles. The summed E-state index contributed by atoms with van der Waals surface area (Å²) < 4.78 is 55.5. The van der Waals surface area contributed by atoms with Crippen molar-refractivity contribution in [3.63, 3.8) is 0 Å². The van der Waals surface area contributed by atoms with Crippen LogP contribution >= 0.6 is 0 Å². The highest BCUT2D eigenvalue weighted by Gasteiger charge is 2.33. The molecule has 0 saturated heterocycles. The lowest BCUT2D eigenvalue weighted by Crippen LogP contribution is -2.38. The largest absolute Gasteiger partial charge is 0.435 e. The van der Waals surface area contributed by atoms with Gasteiger partial charge in [-0.05, 0) is 25.2 Å². The maximum Gasteiger partial charge on any atom is 0.387 e. The van der Waals surface area contributed by atoms with E-state index in [9.17, 15) is 22.4 Å². The smallest absolute Gasteiger partial charge is 0.387 e. The van der Waals surface area contributed by atoms with Gasteiger partial charge in [-0.2, -0.15) is 8.78 Å². The topological polar surface area (TPSA) is 58.6 Å². The third-order valence-corrected chi connectivity index (χ3v) is 3.42. The molecule has 0 radical (unpaired) electrons. The first-order valence-corrected chi connectivity index (χ1v) is 6.78. The van der Waals surface area contributed by atoms with Crippen LogP contribution in [0.15, 0.2) is 12.1 Å². The first-order chi connectivity index (χ1) is 10.4. The molecule has 1 aromatic carbocycles. The lowest BCUT2D eigenvalue weighted by Gasteiger charge is -2.18. The van der Waals surface area contributed by atoms with Gasteiger partial charge < -0.3 is 15.2 Å². The highest BCUT2D eigenvalue weighted by molar-refractivity contribution is 5.95. The van der Waals surface area contributed by atoms with Gasteiger partial charge in [0.25, 0.3) is 5.91 Å². The second kappa shape index (κ2) is 6.95. The molecular weight excluding hydrogens is 306 g/mol. The molecule has 8 heteroatoms. The van der Waals surface area contributed by atoms with E-state index in [1.54, 1.807) is 0 Å². The summed E-state index contributed by atoms with van der Waals surface area (Å²) in [7, 11) is 0. The van der Waals surface area contributed by atoms with Gasteiger partial charge in [0.05, 0.1) is 0 Å². The molecule has 0 aliphatic heterocycles. The van der Waals surface area contributed by atoms with E-state index in [1.165, 1.54) is 0 Å². The summed E-state index contributed by atoms with van der Waals surface area (Å²) >= 11 is 0. The van der Waals surface area contributed by atoms with E-state index in [0.29, 0.717) is 12.1 Å². The number of alkyl halides is 2. The molecule has 22 heavy (non-hydrogen) atoms. The van der Waals surface area contributed by atoms with Crippen LogP contribution in [0.5, 0.6) is 5.75 Å².